The second-order valence-electron chi connectivity index (χ2n) is 6.01. The Labute approximate surface area is 121 Å². The van der Waals surface area contributed by atoms with Crippen LogP contribution in [0.2, 0.25) is 0 Å². The van der Waals surface area contributed by atoms with Crippen molar-refractivity contribution in [3.05, 3.63) is 0 Å². The minimum Gasteiger partial charge on any atom is -0.466 e. The minimum atomic E-state index is -0.150. The van der Waals surface area contributed by atoms with Gasteiger partial charge in [-0.3, -0.25) is 9.59 Å². The van der Waals surface area contributed by atoms with E-state index in [1.165, 1.54) is 6.42 Å². The number of carbonyl (C=O) groups is 2. The Hall–Kier alpha value is -1.06. The van der Waals surface area contributed by atoms with Gasteiger partial charge in [0.05, 0.1) is 18.4 Å². The molecular weight excluding hydrogens is 256 g/mol. The number of carbonyl (C=O) groups excluding carboxylic acids is 2. The van der Waals surface area contributed by atoms with Crippen molar-refractivity contribution in [1.82, 2.24) is 0 Å². The molecule has 0 saturated heterocycles. The van der Waals surface area contributed by atoms with E-state index in [0.29, 0.717) is 13.0 Å². The highest BCUT2D eigenvalue weighted by Crippen LogP contribution is 2.32. The van der Waals surface area contributed by atoms with Crippen LogP contribution in [0.5, 0.6) is 0 Å². The van der Waals surface area contributed by atoms with Crippen LogP contribution >= 0.6 is 0 Å². The largest absolute Gasteiger partial charge is 0.466 e. The molecular formula is C16H26O4. The molecule has 0 radical (unpaired) electrons. The number of hydrogen-bond acceptors (Lipinski definition) is 4. The summed E-state index contributed by atoms with van der Waals surface area (Å²) >= 11 is 0. The van der Waals surface area contributed by atoms with Crippen molar-refractivity contribution in [1.29, 1.82) is 0 Å². The first-order valence-electron chi connectivity index (χ1n) is 8.07. The SMILES string of the molecule is CCOC(=O)C1CCCC(C(=O)OC2CCCCC2)C1. The predicted molar refractivity (Wildman–Crippen MR) is 75.0 cm³/mol. The molecule has 0 heterocycles. The maximum Gasteiger partial charge on any atom is 0.309 e. The smallest absolute Gasteiger partial charge is 0.309 e. The molecule has 114 valence electrons. The molecule has 0 spiro atoms. The topological polar surface area (TPSA) is 52.6 Å². The van der Waals surface area contributed by atoms with Crippen LogP contribution in [-0.2, 0) is 19.1 Å². The van der Waals surface area contributed by atoms with E-state index in [0.717, 1.165) is 44.9 Å². The molecule has 2 atom stereocenters. The first-order valence-corrected chi connectivity index (χ1v) is 8.07. The molecule has 0 aromatic rings. The number of esters is 2. The Morgan fingerprint density at radius 2 is 1.55 bits per heavy atom. The molecule has 20 heavy (non-hydrogen) atoms. The van der Waals surface area contributed by atoms with E-state index >= 15 is 0 Å². The molecule has 0 bridgehead atoms. The van der Waals surface area contributed by atoms with Crippen LogP contribution in [0.3, 0.4) is 0 Å². The Morgan fingerprint density at radius 1 is 0.900 bits per heavy atom. The molecule has 0 amide bonds. The zero-order valence-electron chi connectivity index (χ0n) is 12.4. The summed E-state index contributed by atoms with van der Waals surface area (Å²) in [7, 11) is 0. The summed E-state index contributed by atoms with van der Waals surface area (Å²) < 4.78 is 10.7. The van der Waals surface area contributed by atoms with Gasteiger partial charge in [0.2, 0.25) is 0 Å². The highest BCUT2D eigenvalue weighted by molar-refractivity contribution is 5.76. The van der Waals surface area contributed by atoms with Crippen molar-refractivity contribution in [3.63, 3.8) is 0 Å². The second-order valence-corrected chi connectivity index (χ2v) is 6.01. The van der Waals surface area contributed by atoms with Crippen LogP contribution < -0.4 is 0 Å². The molecule has 2 saturated carbocycles. The highest BCUT2D eigenvalue weighted by atomic mass is 16.5. The predicted octanol–water partition coefficient (Wildman–Crippen LogP) is 3.23. The molecule has 0 aliphatic heterocycles. The first-order chi connectivity index (χ1) is 9.70. The lowest BCUT2D eigenvalue weighted by Gasteiger charge is -2.29. The zero-order chi connectivity index (χ0) is 14.4. The monoisotopic (exact) mass is 282 g/mol. The standard InChI is InChI=1S/C16H26O4/c1-2-19-15(17)12-7-6-8-13(11-12)16(18)20-14-9-4-3-5-10-14/h12-14H,2-11H2,1H3. The molecule has 2 rings (SSSR count). The normalized spacial score (nSPS) is 27.9. The van der Waals surface area contributed by atoms with E-state index in [2.05, 4.69) is 0 Å². The van der Waals surface area contributed by atoms with Crippen molar-refractivity contribution in [2.75, 3.05) is 6.61 Å². The van der Waals surface area contributed by atoms with Gasteiger partial charge in [-0.1, -0.05) is 12.8 Å². The number of hydrogen-bond donors (Lipinski definition) is 0. The molecule has 2 aliphatic rings. The third-order valence-corrected chi connectivity index (χ3v) is 4.46. The van der Waals surface area contributed by atoms with E-state index in [4.69, 9.17) is 9.47 Å². The average molecular weight is 282 g/mol. The Morgan fingerprint density at radius 3 is 2.20 bits per heavy atom. The summed E-state index contributed by atoms with van der Waals surface area (Å²) in [5, 5.41) is 0. The molecule has 2 aliphatic carbocycles. The van der Waals surface area contributed by atoms with E-state index in [1.807, 2.05) is 6.92 Å². The summed E-state index contributed by atoms with van der Waals surface area (Å²) in [6.45, 7) is 2.22. The number of rotatable bonds is 4. The minimum absolute atomic E-state index is 0.0918. The lowest BCUT2D eigenvalue weighted by molar-refractivity contribution is -0.159. The molecule has 4 nitrogen and oxygen atoms in total. The van der Waals surface area contributed by atoms with Crippen molar-refractivity contribution in [3.8, 4) is 0 Å². The van der Waals surface area contributed by atoms with Crippen LogP contribution in [0.4, 0.5) is 0 Å². The Kier molecular flexibility index (Phi) is 5.86. The van der Waals surface area contributed by atoms with Crippen LogP contribution in [0.25, 0.3) is 0 Å². The van der Waals surface area contributed by atoms with E-state index in [-0.39, 0.29) is 29.9 Å². The fourth-order valence-electron chi connectivity index (χ4n) is 3.32. The van der Waals surface area contributed by atoms with Gasteiger partial charge in [0.1, 0.15) is 6.10 Å². The molecule has 0 N–H and O–H groups in total. The van der Waals surface area contributed by atoms with Crippen LogP contribution in [0.15, 0.2) is 0 Å². The van der Waals surface area contributed by atoms with Crippen molar-refractivity contribution in [2.45, 2.75) is 70.8 Å². The van der Waals surface area contributed by atoms with Gasteiger partial charge in [-0.15, -0.1) is 0 Å². The first kappa shape index (κ1) is 15.3. The van der Waals surface area contributed by atoms with Crippen molar-refractivity contribution < 1.29 is 19.1 Å². The summed E-state index contributed by atoms with van der Waals surface area (Å²) in [5.74, 6) is -0.471. The molecule has 2 fully saturated rings. The molecule has 2 unspecified atom stereocenters. The van der Waals surface area contributed by atoms with Gasteiger partial charge in [-0.05, 0) is 51.9 Å². The van der Waals surface area contributed by atoms with Crippen LogP contribution in [-0.4, -0.2) is 24.6 Å². The third kappa shape index (κ3) is 4.22. The van der Waals surface area contributed by atoms with Gasteiger partial charge < -0.3 is 9.47 Å². The maximum absolute atomic E-state index is 12.2. The highest BCUT2D eigenvalue weighted by Gasteiger charge is 2.33. The fourth-order valence-corrected chi connectivity index (χ4v) is 3.32. The van der Waals surface area contributed by atoms with Crippen LogP contribution in [0.1, 0.15) is 64.7 Å². The lowest BCUT2D eigenvalue weighted by Crippen LogP contribution is -2.32. The molecule has 4 heteroatoms. The summed E-state index contributed by atoms with van der Waals surface area (Å²) in [4.78, 5) is 24.0. The molecule has 0 aromatic carbocycles. The van der Waals surface area contributed by atoms with E-state index < -0.39 is 0 Å². The van der Waals surface area contributed by atoms with Crippen molar-refractivity contribution in [2.24, 2.45) is 11.8 Å². The Bertz CT molecular complexity index is 333. The zero-order valence-corrected chi connectivity index (χ0v) is 12.4. The second kappa shape index (κ2) is 7.65. The third-order valence-electron chi connectivity index (χ3n) is 4.46. The van der Waals surface area contributed by atoms with Gasteiger partial charge in [-0.2, -0.15) is 0 Å². The van der Waals surface area contributed by atoms with Crippen LogP contribution in [0, 0.1) is 11.8 Å². The van der Waals surface area contributed by atoms with Gasteiger partial charge in [0.15, 0.2) is 0 Å². The van der Waals surface area contributed by atoms with E-state index in [9.17, 15) is 9.59 Å². The summed E-state index contributed by atoms with van der Waals surface area (Å²) in [6.07, 6.45) is 8.88. The summed E-state index contributed by atoms with van der Waals surface area (Å²) in [6, 6.07) is 0. The maximum atomic E-state index is 12.2. The Balaban J connectivity index is 1.81. The fraction of sp³-hybridized carbons (Fsp3) is 0.875. The van der Waals surface area contributed by atoms with Gasteiger partial charge >= 0.3 is 11.9 Å². The molecule has 0 aromatic heterocycles. The van der Waals surface area contributed by atoms with E-state index in [1.54, 1.807) is 0 Å². The van der Waals surface area contributed by atoms with Gasteiger partial charge in [-0.25, -0.2) is 0 Å². The summed E-state index contributed by atoms with van der Waals surface area (Å²) in [5.41, 5.74) is 0. The van der Waals surface area contributed by atoms with Gasteiger partial charge in [0.25, 0.3) is 0 Å². The average Bonchev–Trinajstić information content (AvgIpc) is 2.48. The van der Waals surface area contributed by atoms with Gasteiger partial charge in [0, 0.05) is 0 Å². The number of ether oxygens (including phenoxy) is 2. The lowest BCUT2D eigenvalue weighted by atomic mass is 9.81. The van der Waals surface area contributed by atoms with Crippen molar-refractivity contribution >= 4 is 11.9 Å². The quantitative estimate of drug-likeness (QED) is 0.743.